The molecular formula is C9H6F3N3. The Labute approximate surface area is 82.7 Å². The number of nitrogens with two attached hydrogens (primary N) is 1. The summed E-state index contributed by atoms with van der Waals surface area (Å²) in [6, 6.07) is 1.92. The zero-order valence-electron chi connectivity index (χ0n) is 7.39. The zero-order valence-corrected chi connectivity index (χ0v) is 7.39. The number of nitrogens with one attached hydrogen (secondary N) is 1. The lowest BCUT2D eigenvalue weighted by molar-refractivity contribution is 0.449. The highest BCUT2D eigenvalue weighted by molar-refractivity contribution is 5.72. The van der Waals surface area contributed by atoms with E-state index in [-0.39, 0.29) is 16.9 Å². The molecule has 0 atom stereocenters. The van der Waals surface area contributed by atoms with E-state index in [4.69, 9.17) is 5.73 Å². The van der Waals surface area contributed by atoms with Gasteiger partial charge in [0.2, 0.25) is 0 Å². The summed E-state index contributed by atoms with van der Waals surface area (Å²) in [5, 5.41) is 5.96. The van der Waals surface area contributed by atoms with E-state index < -0.39 is 17.5 Å². The Morgan fingerprint density at radius 2 is 1.87 bits per heavy atom. The fourth-order valence-electron chi connectivity index (χ4n) is 1.23. The maximum atomic E-state index is 13.3. The number of hydrogen-bond acceptors (Lipinski definition) is 2. The average Bonchev–Trinajstić information content (AvgIpc) is 2.62. The van der Waals surface area contributed by atoms with Gasteiger partial charge in [0.1, 0.15) is 0 Å². The maximum absolute atomic E-state index is 13.3. The topological polar surface area (TPSA) is 54.7 Å². The van der Waals surface area contributed by atoms with E-state index in [0.717, 1.165) is 12.1 Å². The summed E-state index contributed by atoms with van der Waals surface area (Å²) < 4.78 is 38.8. The van der Waals surface area contributed by atoms with Crippen LogP contribution in [0.1, 0.15) is 0 Å². The molecule has 2 aromatic rings. The molecule has 0 unspecified atom stereocenters. The lowest BCUT2D eigenvalue weighted by Gasteiger charge is -2.02. The van der Waals surface area contributed by atoms with Crippen molar-refractivity contribution >= 4 is 5.69 Å². The Kier molecular flexibility index (Phi) is 2.11. The van der Waals surface area contributed by atoms with Crippen LogP contribution >= 0.6 is 0 Å². The van der Waals surface area contributed by atoms with Crippen molar-refractivity contribution in [3.63, 3.8) is 0 Å². The van der Waals surface area contributed by atoms with Crippen LogP contribution in [0.2, 0.25) is 0 Å². The van der Waals surface area contributed by atoms with Crippen molar-refractivity contribution in [1.29, 1.82) is 0 Å². The summed E-state index contributed by atoms with van der Waals surface area (Å²) in [5.41, 5.74) is 5.60. The molecule has 0 spiro atoms. The van der Waals surface area contributed by atoms with Gasteiger partial charge in [0.25, 0.3) is 0 Å². The molecule has 6 heteroatoms. The number of aromatic nitrogens is 2. The molecule has 78 valence electrons. The summed E-state index contributed by atoms with van der Waals surface area (Å²) in [6.45, 7) is 0. The molecule has 3 nitrogen and oxygen atoms in total. The third-order valence-corrected chi connectivity index (χ3v) is 1.97. The highest BCUT2D eigenvalue weighted by atomic mass is 19.2. The van der Waals surface area contributed by atoms with Gasteiger partial charge in [-0.25, -0.2) is 13.2 Å². The predicted molar refractivity (Wildman–Crippen MR) is 48.3 cm³/mol. The third-order valence-electron chi connectivity index (χ3n) is 1.97. The second-order valence-corrected chi connectivity index (χ2v) is 2.92. The van der Waals surface area contributed by atoms with Crippen molar-refractivity contribution < 1.29 is 13.2 Å². The molecule has 0 radical (unpaired) electrons. The zero-order chi connectivity index (χ0) is 11.0. The van der Waals surface area contributed by atoms with Crippen LogP contribution < -0.4 is 5.73 Å². The van der Waals surface area contributed by atoms with Crippen LogP contribution in [0, 0.1) is 17.5 Å². The average molecular weight is 213 g/mol. The van der Waals surface area contributed by atoms with E-state index in [0.29, 0.717) is 0 Å². The first kappa shape index (κ1) is 9.57. The lowest BCUT2D eigenvalue weighted by atomic mass is 10.1. The Morgan fingerprint density at radius 1 is 1.13 bits per heavy atom. The molecule has 0 saturated carbocycles. The SMILES string of the molecule is Nc1cn[nH]c1-c1ccc(F)c(F)c1F. The summed E-state index contributed by atoms with van der Waals surface area (Å²) in [7, 11) is 0. The van der Waals surface area contributed by atoms with Gasteiger partial charge in [-0.15, -0.1) is 0 Å². The van der Waals surface area contributed by atoms with E-state index >= 15 is 0 Å². The molecule has 2 rings (SSSR count). The van der Waals surface area contributed by atoms with Crippen LogP contribution in [0.5, 0.6) is 0 Å². The second kappa shape index (κ2) is 3.30. The van der Waals surface area contributed by atoms with Crippen LogP contribution in [0.4, 0.5) is 18.9 Å². The molecular weight excluding hydrogens is 207 g/mol. The minimum atomic E-state index is -1.53. The first-order valence-electron chi connectivity index (χ1n) is 4.04. The van der Waals surface area contributed by atoms with Crippen molar-refractivity contribution in [3.05, 3.63) is 35.8 Å². The number of aromatic amines is 1. The first-order chi connectivity index (χ1) is 7.11. The number of hydrogen-bond donors (Lipinski definition) is 2. The largest absolute Gasteiger partial charge is 0.396 e. The highest BCUT2D eigenvalue weighted by Gasteiger charge is 2.17. The van der Waals surface area contributed by atoms with Gasteiger partial charge in [-0.3, -0.25) is 5.10 Å². The molecule has 0 bridgehead atoms. The van der Waals surface area contributed by atoms with Gasteiger partial charge in [0, 0.05) is 5.56 Å². The van der Waals surface area contributed by atoms with E-state index in [9.17, 15) is 13.2 Å². The third kappa shape index (κ3) is 1.43. The van der Waals surface area contributed by atoms with E-state index in [2.05, 4.69) is 10.2 Å². The minimum absolute atomic E-state index is 0.131. The van der Waals surface area contributed by atoms with Crippen LogP contribution in [-0.2, 0) is 0 Å². The number of nitrogen functional groups attached to an aromatic ring is 1. The molecule has 0 amide bonds. The Balaban J connectivity index is 2.65. The first-order valence-corrected chi connectivity index (χ1v) is 4.04. The molecule has 0 saturated heterocycles. The molecule has 15 heavy (non-hydrogen) atoms. The van der Waals surface area contributed by atoms with Crippen LogP contribution in [-0.4, -0.2) is 10.2 Å². The van der Waals surface area contributed by atoms with Gasteiger partial charge in [0.15, 0.2) is 17.5 Å². The molecule has 0 aliphatic heterocycles. The fourth-order valence-corrected chi connectivity index (χ4v) is 1.23. The van der Waals surface area contributed by atoms with Crippen LogP contribution in [0.3, 0.4) is 0 Å². The van der Waals surface area contributed by atoms with Gasteiger partial charge in [-0.05, 0) is 12.1 Å². The van der Waals surface area contributed by atoms with Gasteiger partial charge in [-0.1, -0.05) is 0 Å². The summed E-state index contributed by atoms with van der Waals surface area (Å²) in [5.74, 6) is -4.05. The quantitative estimate of drug-likeness (QED) is 0.712. The number of rotatable bonds is 1. The van der Waals surface area contributed by atoms with Gasteiger partial charge in [0.05, 0.1) is 17.6 Å². The number of anilines is 1. The molecule has 0 aliphatic rings. The monoisotopic (exact) mass is 213 g/mol. The number of benzene rings is 1. The molecule has 1 aromatic heterocycles. The van der Waals surface area contributed by atoms with Crippen LogP contribution in [0.15, 0.2) is 18.3 Å². The number of halogens is 3. The van der Waals surface area contributed by atoms with Crippen molar-refractivity contribution in [2.45, 2.75) is 0 Å². The molecule has 1 heterocycles. The smallest absolute Gasteiger partial charge is 0.195 e. The normalized spacial score (nSPS) is 10.6. The summed E-state index contributed by atoms with van der Waals surface area (Å²) in [4.78, 5) is 0. The minimum Gasteiger partial charge on any atom is -0.396 e. The fraction of sp³-hybridized carbons (Fsp3) is 0. The predicted octanol–water partition coefficient (Wildman–Crippen LogP) is 2.08. The molecule has 0 fully saturated rings. The molecule has 0 aliphatic carbocycles. The number of H-pyrrole nitrogens is 1. The summed E-state index contributed by atoms with van der Waals surface area (Å²) in [6.07, 6.45) is 1.26. The second-order valence-electron chi connectivity index (χ2n) is 2.92. The Hall–Kier alpha value is -1.98. The van der Waals surface area contributed by atoms with Crippen LogP contribution in [0.25, 0.3) is 11.3 Å². The lowest BCUT2D eigenvalue weighted by Crippen LogP contribution is -1.96. The van der Waals surface area contributed by atoms with Crippen molar-refractivity contribution in [2.24, 2.45) is 0 Å². The van der Waals surface area contributed by atoms with E-state index in [1.165, 1.54) is 6.20 Å². The van der Waals surface area contributed by atoms with Crippen molar-refractivity contribution in [3.8, 4) is 11.3 Å². The Bertz CT molecular complexity index is 507. The van der Waals surface area contributed by atoms with E-state index in [1.807, 2.05) is 0 Å². The molecule has 1 aromatic carbocycles. The van der Waals surface area contributed by atoms with E-state index in [1.54, 1.807) is 0 Å². The van der Waals surface area contributed by atoms with Gasteiger partial charge in [-0.2, -0.15) is 5.10 Å². The van der Waals surface area contributed by atoms with Gasteiger partial charge >= 0.3 is 0 Å². The summed E-state index contributed by atoms with van der Waals surface area (Å²) >= 11 is 0. The standard InChI is InChI=1S/C9H6F3N3/c10-5-2-1-4(7(11)8(5)12)9-6(13)3-14-15-9/h1-3H,13H2,(H,14,15). The maximum Gasteiger partial charge on any atom is 0.195 e. The number of nitrogens with zero attached hydrogens (tertiary/aromatic N) is 1. The highest BCUT2D eigenvalue weighted by Crippen LogP contribution is 2.27. The van der Waals surface area contributed by atoms with Crippen molar-refractivity contribution in [2.75, 3.05) is 5.73 Å². The van der Waals surface area contributed by atoms with Crippen molar-refractivity contribution in [1.82, 2.24) is 10.2 Å². The molecule has 3 N–H and O–H groups in total. The van der Waals surface area contributed by atoms with Gasteiger partial charge < -0.3 is 5.73 Å². The Morgan fingerprint density at radius 3 is 2.47 bits per heavy atom.